The van der Waals surface area contributed by atoms with Crippen LogP contribution in [0.4, 0.5) is 16.3 Å². The van der Waals surface area contributed by atoms with Crippen molar-refractivity contribution in [3.63, 3.8) is 0 Å². The summed E-state index contributed by atoms with van der Waals surface area (Å²) in [5, 5.41) is 13.7. The third-order valence-corrected chi connectivity index (χ3v) is 4.32. The van der Waals surface area contributed by atoms with Crippen LogP contribution in [0.2, 0.25) is 0 Å². The van der Waals surface area contributed by atoms with E-state index in [0.717, 1.165) is 38.3 Å². The fraction of sp³-hybridized carbons (Fsp3) is 0.571. The van der Waals surface area contributed by atoms with Crippen LogP contribution in [0.25, 0.3) is 0 Å². The molecule has 2 amide bonds. The number of nitro groups is 1. The van der Waals surface area contributed by atoms with E-state index in [9.17, 15) is 14.9 Å². The van der Waals surface area contributed by atoms with E-state index in [1.54, 1.807) is 13.0 Å². The standard InChI is InChI=1S/C14H19N5O3/c1-10-7-13(16-8-12(10)19(21)22)17-5-2-3-11(9-17)18-6-4-15-14(18)20/h7-8,11H,2-6,9H2,1H3,(H,15,20). The van der Waals surface area contributed by atoms with Crippen molar-refractivity contribution in [1.29, 1.82) is 0 Å². The summed E-state index contributed by atoms with van der Waals surface area (Å²) in [7, 11) is 0. The molecule has 118 valence electrons. The number of carbonyl (C=O) groups is 1. The minimum absolute atomic E-state index is 0.000288. The lowest BCUT2D eigenvalue weighted by molar-refractivity contribution is -0.385. The normalized spacial score (nSPS) is 21.9. The molecule has 0 aromatic carbocycles. The number of carbonyl (C=O) groups excluding carboxylic acids is 1. The van der Waals surface area contributed by atoms with E-state index in [1.807, 2.05) is 4.90 Å². The first-order valence-electron chi connectivity index (χ1n) is 7.46. The van der Waals surface area contributed by atoms with Gasteiger partial charge >= 0.3 is 6.03 Å². The van der Waals surface area contributed by atoms with E-state index in [2.05, 4.69) is 15.2 Å². The van der Waals surface area contributed by atoms with E-state index < -0.39 is 4.92 Å². The molecule has 8 nitrogen and oxygen atoms in total. The van der Waals surface area contributed by atoms with Gasteiger partial charge in [0.05, 0.1) is 11.0 Å². The Labute approximate surface area is 128 Å². The minimum Gasteiger partial charge on any atom is -0.355 e. The molecular weight excluding hydrogens is 286 g/mol. The van der Waals surface area contributed by atoms with E-state index in [0.29, 0.717) is 12.1 Å². The summed E-state index contributed by atoms with van der Waals surface area (Å²) in [6.45, 7) is 4.74. The molecule has 1 aromatic rings. The van der Waals surface area contributed by atoms with Gasteiger partial charge in [-0.25, -0.2) is 9.78 Å². The van der Waals surface area contributed by atoms with Crippen LogP contribution in [-0.2, 0) is 0 Å². The number of rotatable bonds is 3. The van der Waals surface area contributed by atoms with Gasteiger partial charge in [-0.05, 0) is 25.8 Å². The van der Waals surface area contributed by atoms with Crippen molar-refractivity contribution in [2.75, 3.05) is 31.1 Å². The number of hydrogen-bond donors (Lipinski definition) is 1. The zero-order chi connectivity index (χ0) is 15.7. The highest BCUT2D eigenvalue weighted by Crippen LogP contribution is 2.25. The zero-order valence-corrected chi connectivity index (χ0v) is 12.5. The van der Waals surface area contributed by atoms with Crippen molar-refractivity contribution >= 4 is 17.5 Å². The maximum absolute atomic E-state index is 11.8. The Morgan fingerprint density at radius 1 is 1.45 bits per heavy atom. The van der Waals surface area contributed by atoms with Gasteiger partial charge < -0.3 is 15.1 Å². The second-order valence-corrected chi connectivity index (χ2v) is 5.75. The van der Waals surface area contributed by atoms with Gasteiger partial charge in [0.25, 0.3) is 5.69 Å². The number of nitrogens with one attached hydrogen (secondary N) is 1. The molecule has 2 aliphatic rings. The highest BCUT2D eigenvalue weighted by molar-refractivity contribution is 5.76. The summed E-state index contributed by atoms with van der Waals surface area (Å²) in [4.78, 5) is 30.5. The maximum Gasteiger partial charge on any atom is 0.317 e. The second-order valence-electron chi connectivity index (χ2n) is 5.75. The second kappa shape index (κ2) is 5.78. The lowest BCUT2D eigenvalue weighted by atomic mass is 10.0. The number of piperidine rings is 1. The molecule has 1 N–H and O–H groups in total. The molecule has 2 fully saturated rings. The van der Waals surface area contributed by atoms with Gasteiger partial charge in [0, 0.05) is 31.7 Å². The van der Waals surface area contributed by atoms with Gasteiger partial charge in [-0.3, -0.25) is 10.1 Å². The summed E-state index contributed by atoms with van der Waals surface area (Å²) in [6.07, 6.45) is 3.28. The number of aromatic nitrogens is 1. The average Bonchev–Trinajstić information content (AvgIpc) is 2.93. The summed E-state index contributed by atoms with van der Waals surface area (Å²) >= 11 is 0. The Bertz CT molecular complexity index is 606. The molecule has 0 aliphatic carbocycles. The van der Waals surface area contributed by atoms with Crippen LogP contribution in [0.1, 0.15) is 18.4 Å². The van der Waals surface area contributed by atoms with Gasteiger partial charge in [-0.1, -0.05) is 0 Å². The highest BCUT2D eigenvalue weighted by atomic mass is 16.6. The molecule has 1 atom stereocenters. The quantitative estimate of drug-likeness (QED) is 0.671. The van der Waals surface area contributed by atoms with Crippen molar-refractivity contribution in [2.45, 2.75) is 25.8 Å². The number of hydrogen-bond acceptors (Lipinski definition) is 5. The number of anilines is 1. The zero-order valence-electron chi connectivity index (χ0n) is 12.5. The summed E-state index contributed by atoms with van der Waals surface area (Å²) < 4.78 is 0. The minimum atomic E-state index is -0.417. The van der Waals surface area contributed by atoms with Crippen LogP contribution in [0.5, 0.6) is 0 Å². The Morgan fingerprint density at radius 2 is 2.27 bits per heavy atom. The molecule has 3 heterocycles. The Hall–Kier alpha value is -2.38. The van der Waals surface area contributed by atoms with Gasteiger partial charge in [-0.15, -0.1) is 0 Å². The van der Waals surface area contributed by atoms with Crippen molar-refractivity contribution < 1.29 is 9.72 Å². The molecule has 0 bridgehead atoms. The predicted octanol–water partition coefficient (Wildman–Crippen LogP) is 1.29. The van der Waals surface area contributed by atoms with E-state index in [1.165, 1.54) is 6.20 Å². The van der Waals surface area contributed by atoms with Gasteiger partial charge in [0.1, 0.15) is 12.0 Å². The fourth-order valence-corrected chi connectivity index (χ4v) is 3.15. The Morgan fingerprint density at radius 3 is 2.91 bits per heavy atom. The van der Waals surface area contributed by atoms with Crippen LogP contribution in [-0.4, -0.2) is 53.1 Å². The molecule has 0 radical (unpaired) electrons. The third kappa shape index (κ3) is 2.68. The number of urea groups is 1. The predicted molar refractivity (Wildman–Crippen MR) is 81.0 cm³/mol. The molecule has 0 spiro atoms. The van der Waals surface area contributed by atoms with E-state index in [-0.39, 0.29) is 17.8 Å². The fourth-order valence-electron chi connectivity index (χ4n) is 3.15. The Kier molecular flexibility index (Phi) is 3.82. The van der Waals surface area contributed by atoms with Crippen molar-refractivity contribution in [3.05, 3.63) is 27.9 Å². The molecule has 1 aromatic heterocycles. The molecule has 1 unspecified atom stereocenters. The number of nitrogens with zero attached hydrogens (tertiary/aromatic N) is 4. The molecule has 2 saturated heterocycles. The number of pyridine rings is 1. The van der Waals surface area contributed by atoms with E-state index >= 15 is 0 Å². The molecule has 22 heavy (non-hydrogen) atoms. The molecule has 8 heteroatoms. The monoisotopic (exact) mass is 305 g/mol. The maximum atomic E-state index is 11.8. The van der Waals surface area contributed by atoms with Crippen LogP contribution < -0.4 is 10.2 Å². The first-order valence-corrected chi connectivity index (χ1v) is 7.46. The Balaban J connectivity index is 1.76. The van der Waals surface area contributed by atoms with Crippen LogP contribution in [0.15, 0.2) is 12.3 Å². The molecule has 2 aliphatic heterocycles. The third-order valence-electron chi connectivity index (χ3n) is 4.32. The number of aryl methyl sites for hydroxylation is 1. The van der Waals surface area contributed by atoms with Gasteiger partial charge in [0.15, 0.2) is 0 Å². The number of amides is 2. The van der Waals surface area contributed by atoms with Crippen molar-refractivity contribution in [1.82, 2.24) is 15.2 Å². The lowest BCUT2D eigenvalue weighted by Gasteiger charge is -2.37. The van der Waals surface area contributed by atoms with E-state index in [4.69, 9.17) is 0 Å². The summed E-state index contributed by atoms with van der Waals surface area (Å²) in [6, 6.07) is 1.93. The summed E-state index contributed by atoms with van der Waals surface area (Å²) in [5.41, 5.74) is 0.646. The van der Waals surface area contributed by atoms with Gasteiger partial charge in [-0.2, -0.15) is 0 Å². The van der Waals surface area contributed by atoms with Crippen molar-refractivity contribution in [2.24, 2.45) is 0 Å². The molecule has 0 saturated carbocycles. The largest absolute Gasteiger partial charge is 0.355 e. The van der Waals surface area contributed by atoms with Crippen molar-refractivity contribution in [3.8, 4) is 0 Å². The van der Waals surface area contributed by atoms with Crippen LogP contribution >= 0.6 is 0 Å². The first kappa shape index (κ1) is 14.6. The lowest BCUT2D eigenvalue weighted by Crippen LogP contribution is -2.49. The first-order chi connectivity index (χ1) is 10.6. The average molecular weight is 305 g/mol. The topological polar surface area (TPSA) is 91.6 Å². The molecule has 3 rings (SSSR count). The van der Waals surface area contributed by atoms with Crippen LogP contribution in [0, 0.1) is 17.0 Å². The highest BCUT2D eigenvalue weighted by Gasteiger charge is 2.31. The van der Waals surface area contributed by atoms with Gasteiger partial charge in [0.2, 0.25) is 0 Å². The SMILES string of the molecule is Cc1cc(N2CCCC(N3CCNC3=O)C2)ncc1[N+](=O)[O-]. The summed E-state index contributed by atoms with van der Waals surface area (Å²) in [5.74, 6) is 0.743. The smallest absolute Gasteiger partial charge is 0.317 e. The van der Waals surface area contributed by atoms with Crippen LogP contribution in [0.3, 0.4) is 0 Å². The molecular formula is C14H19N5O3.